The standard InChI is InChI=1S/C26H31N7O2S/c1-17-7-5-9-23(30-17)36-22-11-18(14-33-24(22)21(27)13-29-33)19-12-28-32(15-19)20-8-6-10-31(16-20)25(34)35-26(2,3)4/h5,7,9,11-15,20H,6,8,10,16,27H2,1-4H3. The van der Waals surface area contributed by atoms with Crippen LogP contribution in [0.3, 0.4) is 0 Å². The van der Waals surface area contributed by atoms with Crippen LogP contribution >= 0.6 is 11.8 Å². The molecule has 1 aliphatic rings. The summed E-state index contributed by atoms with van der Waals surface area (Å²) in [5.74, 6) is 0. The van der Waals surface area contributed by atoms with Crippen molar-refractivity contribution in [1.29, 1.82) is 0 Å². The summed E-state index contributed by atoms with van der Waals surface area (Å²) in [4.78, 5) is 20.0. The van der Waals surface area contributed by atoms with Crippen LogP contribution in [0, 0.1) is 6.92 Å². The third kappa shape index (κ3) is 5.18. The van der Waals surface area contributed by atoms with Gasteiger partial charge in [0.05, 0.1) is 24.1 Å². The zero-order valence-electron chi connectivity index (χ0n) is 21.0. The molecule has 2 N–H and O–H groups in total. The number of hydrogen-bond acceptors (Lipinski definition) is 7. The number of nitrogen functional groups attached to an aromatic ring is 1. The highest BCUT2D eigenvalue weighted by atomic mass is 32.2. The van der Waals surface area contributed by atoms with Crippen molar-refractivity contribution in [3.05, 3.63) is 54.7 Å². The summed E-state index contributed by atoms with van der Waals surface area (Å²) in [5.41, 5.74) is 10.1. The molecule has 9 nitrogen and oxygen atoms in total. The number of carbonyl (C=O) groups is 1. The molecule has 0 bridgehead atoms. The van der Waals surface area contributed by atoms with Crippen molar-refractivity contribution in [2.24, 2.45) is 0 Å². The van der Waals surface area contributed by atoms with Crippen LogP contribution in [0.2, 0.25) is 0 Å². The average molecular weight is 506 g/mol. The molecule has 10 heteroatoms. The Morgan fingerprint density at radius 3 is 2.78 bits per heavy atom. The normalized spacial score (nSPS) is 16.4. The van der Waals surface area contributed by atoms with Gasteiger partial charge in [-0.15, -0.1) is 0 Å². The quantitative estimate of drug-likeness (QED) is 0.406. The minimum absolute atomic E-state index is 0.0921. The molecule has 0 radical (unpaired) electrons. The Balaban J connectivity index is 1.41. The van der Waals surface area contributed by atoms with E-state index in [-0.39, 0.29) is 12.1 Å². The van der Waals surface area contributed by atoms with Crippen molar-refractivity contribution >= 4 is 29.1 Å². The largest absolute Gasteiger partial charge is 0.444 e. The fourth-order valence-corrected chi connectivity index (χ4v) is 5.44. The number of likely N-dealkylation sites (tertiary alicyclic amines) is 1. The first-order valence-corrected chi connectivity index (χ1v) is 12.9. The number of piperidine rings is 1. The van der Waals surface area contributed by atoms with E-state index in [4.69, 9.17) is 10.5 Å². The number of aromatic nitrogens is 5. The number of pyridine rings is 2. The zero-order valence-corrected chi connectivity index (χ0v) is 21.8. The molecule has 188 valence electrons. The monoisotopic (exact) mass is 505 g/mol. The predicted octanol–water partition coefficient (Wildman–Crippen LogP) is 5.21. The van der Waals surface area contributed by atoms with E-state index >= 15 is 0 Å². The number of fused-ring (bicyclic) bond motifs is 1. The van der Waals surface area contributed by atoms with E-state index in [0.29, 0.717) is 18.8 Å². The van der Waals surface area contributed by atoms with Crippen LogP contribution in [0.15, 0.2) is 59.0 Å². The topological polar surface area (TPSA) is 104 Å². The molecule has 1 amide bonds. The van der Waals surface area contributed by atoms with E-state index < -0.39 is 5.60 Å². The number of hydrogen-bond donors (Lipinski definition) is 1. The van der Waals surface area contributed by atoms with Crippen LogP contribution in [-0.2, 0) is 4.74 Å². The summed E-state index contributed by atoms with van der Waals surface area (Å²) in [7, 11) is 0. The summed E-state index contributed by atoms with van der Waals surface area (Å²) in [6.45, 7) is 8.91. The van der Waals surface area contributed by atoms with Gasteiger partial charge in [-0.1, -0.05) is 17.8 Å². The smallest absolute Gasteiger partial charge is 0.410 e. The van der Waals surface area contributed by atoms with Gasteiger partial charge in [-0.05, 0) is 58.7 Å². The number of anilines is 1. The SMILES string of the molecule is Cc1cccc(Sc2cc(-c3cnn(C4CCCN(C(=O)OC(C)(C)C)C4)c3)cn3ncc(N)c23)n1. The van der Waals surface area contributed by atoms with E-state index in [1.807, 2.05) is 73.7 Å². The lowest BCUT2D eigenvalue weighted by atomic mass is 10.1. The molecule has 5 heterocycles. The first-order valence-electron chi connectivity index (χ1n) is 12.1. The fourth-order valence-electron chi connectivity index (χ4n) is 4.38. The summed E-state index contributed by atoms with van der Waals surface area (Å²) in [6, 6.07) is 8.17. The van der Waals surface area contributed by atoms with E-state index in [2.05, 4.69) is 21.2 Å². The third-order valence-corrected chi connectivity index (χ3v) is 7.01. The molecule has 0 spiro atoms. The van der Waals surface area contributed by atoms with Gasteiger partial charge >= 0.3 is 6.09 Å². The summed E-state index contributed by atoms with van der Waals surface area (Å²) >= 11 is 1.56. The Labute approximate surface area is 214 Å². The lowest BCUT2D eigenvalue weighted by Gasteiger charge is -2.34. The molecule has 1 atom stereocenters. The van der Waals surface area contributed by atoms with E-state index in [9.17, 15) is 4.79 Å². The molecular formula is C26H31N7O2S. The molecule has 4 aromatic rings. The Kier molecular flexibility index (Phi) is 6.38. The minimum Gasteiger partial charge on any atom is -0.444 e. The summed E-state index contributed by atoms with van der Waals surface area (Å²) in [5, 5.41) is 10.0. The maximum Gasteiger partial charge on any atom is 0.410 e. The molecule has 1 saturated heterocycles. The third-order valence-electron chi connectivity index (χ3n) is 6.04. The van der Waals surface area contributed by atoms with Gasteiger partial charge in [0.15, 0.2) is 0 Å². The minimum atomic E-state index is -0.513. The second kappa shape index (κ2) is 9.50. The van der Waals surface area contributed by atoms with E-state index in [1.165, 1.54) is 0 Å². The van der Waals surface area contributed by atoms with Crippen LogP contribution < -0.4 is 5.73 Å². The number of ether oxygens (including phenoxy) is 1. The van der Waals surface area contributed by atoms with Gasteiger partial charge < -0.3 is 15.4 Å². The highest BCUT2D eigenvalue weighted by molar-refractivity contribution is 7.99. The van der Waals surface area contributed by atoms with Gasteiger partial charge in [0.2, 0.25) is 0 Å². The molecule has 1 unspecified atom stereocenters. The van der Waals surface area contributed by atoms with Gasteiger partial charge in [0.25, 0.3) is 0 Å². The van der Waals surface area contributed by atoms with Crippen molar-refractivity contribution in [2.45, 2.75) is 62.1 Å². The van der Waals surface area contributed by atoms with Gasteiger partial charge in [-0.25, -0.2) is 14.3 Å². The molecule has 0 aromatic carbocycles. The molecular weight excluding hydrogens is 474 g/mol. The molecule has 5 rings (SSSR count). The van der Waals surface area contributed by atoms with Gasteiger partial charge in [-0.3, -0.25) is 4.68 Å². The number of aryl methyl sites for hydroxylation is 1. The van der Waals surface area contributed by atoms with Crippen molar-refractivity contribution in [2.75, 3.05) is 18.8 Å². The molecule has 36 heavy (non-hydrogen) atoms. The zero-order chi connectivity index (χ0) is 25.4. The van der Waals surface area contributed by atoms with Crippen LogP contribution in [0.1, 0.15) is 45.3 Å². The first kappa shape index (κ1) is 24.2. The number of amides is 1. The van der Waals surface area contributed by atoms with E-state index in [0.717, 1.165) is 45.1 Å². The average Bonchev–Trinajstić information content (AvgIpc) is 3.46. The van der Waals surface area contributed by atoms with Crippen molar-refractivity contribution in [1.82, 2.24) is 29.3 Å². The highest BCUT2D eigenvalue weighted by Gasteiger charge is 2.29. The fraction of sp³-hybridized carbons (Fsp3) is 0.385. The maximum absolute atomic E-state index is 12.6. The van der Waals surface area contributed by atoms with Crippen LogP contribution in [0.5, 0.6) is 0 Å². The Morgan fingerprint density at radius 2 is 2.00 bits per heavy atom. The van der Waals surface area contributed by atoms with Crippen molar-refractivity contribution < 1.29 is 9.53 Å². The van der Waals surface area contributed by atoms with Crippen molar-refractivity contribution in [3.8, 4) is 11.1 Å². The molecule has 4 aromatic heterocycles. The van der Waals surface area contributed by atoms with Crippen LogP contribution in [-0.4, -0.2) is 54.1 Å². The second-order valence-electron chi connectivity index (χ2n) is 10.1. The van der Waals surface area contributed by atoms with Crippen LogP contribution in [0.4, 0.5) is 10.5 Å². The predicted molar refractivity (Wildman–Crippen MR) is 140 cm³/mol. The van der Waals surface area contributed by atoms with E-state index in [1.54, 1.807) is 22.9 Å². The first-order chi connectivity index (χ1) is 17.2. The van der Waals surface area contributed by atoms with Gasteiger partial charge in [-0.2, -0.15) is 10.2 Å². The highest BCUT2D eigenvalue weighted by Crippen LogP contribution is 2.36. The Morgan fingerprint density at radius 1 is 1.17 bits per heavy atom. The Bertz CT molecular complexity index is 1410. The number of carbonyl (C=O) groups excluding carboxylic acids is 1. The Hall–Kier alpha value is -3.53. The second-order valence-corrected chi connectivity index (χ2v) is 11.2. The molecule has 0 saturated carbocycles. The maximum atomic E-state index is 12.6. The van der Waals surface area contributed by atoms with Crippen molar-refractivity contribution in [3.63, 3.8) is 0 Å². The number of nitrogens with two attached hydrogens (primary N) is 1. The lowest BCUT2D eigenvalue weighted by Crippen LogP contribution is -2.43. The van der Waals surface area contributed by atoms with Crippen LogP contribution in [0.25, 0.3) is 16.6 Å². The molecule has 0 aliphatic carbocycles. The number of rotatable bonds is 4. The number of nitrogens with zero attached hydrogens (tertiary/aromatic N) is 6. The molecule has 1 fully saturated rings. The summed E-state index contributed by atoms with van der Waals surface area (Å²) in [6.07, 6.45) is 9.12. The summed E-state index contributed by atoms with van der Waals surface area (Å²) < 4.78 is 9.35. The lowest BCUT2D eigenvalue weighted by molar-refractivity contribution is 0.0167. The van der Waals surface area contributed by atoms with Gasteiger partial charge in [0.1, 0.15) is 16.1 Å². The molecule has 1 aliphatic heterocycles. The van der Waals surface area contributed by atoms with Gasteiger partial charge in [0, 0.05) is 47.2 Å².